The monoisotopic (exact) mass is 463 g/mol. The van der Waals surface area contributed by atoms with E-state index in [-0.39, 0.29) is 22.3 Å². The van der Waals surface area contributed by atoms with Crippen LogP contribution in [0.3, 0.4) is 0 Å². The highest BCUT2D eigenvalue weighted by molar-refractivity contribution is 6.29. The molecule has 5 rings (SSSR count). The molecule has 2 fully saturated rings. The number of nitrogens with zero attached hydrogens (tertiary/aromatic N) is 4. The topological polar surface area (TPSA) is 121 Å². The number of rotatable bonds is 5. The predicted molar refractivity (Wildman–Crippen MR) is 122 cm³/mol. The Kier molecular flexibility index (Phi) is 5.19. The molecule has 1 saturated carbocycles. The van der Waals surface area contributed by atoms with Gasteiger partial charge in [-0.2, -0.15) is 5.26 Å². The highest BCUT2D eigenvalue weighted by Crippen LogP contribution is 2.59. The first-order valence-corrected chi connectivity index (χ1v) is 11.2. The van der Waals surface area contributed by atoms with Crippen molar-refractivity contribution >= 4 is 34.3 Å². The Labute approximate surface area is 195 Å². The molecule has 3 heterocycles. The van der Waals surface area contributed by atoms with Gasteiger partial charge in [-0.15, -0.1) is 0 Å². The van der Waals surface area contributed by atoms with Gasteiger partial charge in [0.1, 0.15) is 11.2 Å². The first-order valence-electron chi connectivity index (χ1n) is 10.8. The summed E-state index contributed by atoms with van der Waals surface area (Å²) in [6, 6.07) is 9.04. The number of anilines is 1. The fourth-order valence-electron chi connectivity index (χ4n) is 4.91. The van der Waals surface area contributed by atoms with Crippen molar-refractivity contribution in [3.8, 4) is 6.07 Å². The maximum absolute atomic E-state index is 11.7. The van der Waals surface area contributed by atoms with Crippen LogP contribution in [0.5, 0.6) is 0 Å². The lowest BCUT2D eigenvalue weighted by atomic mass is 9.91. The van der Waals surface area contributed by atoms with Crippen molar-refractivity contribution in [2.45, 2.75) is 38.1 Å². The van der Waals surface area contributed by atoms with Crippen molar-refractivity contribution < 1.29 is 14.6 Å². The van der Waals surface area contributed by atoms with E-state index in [9.17, 15) is 15.2 Å². The normalized spacial score (nSPS) is 22.3. The Bertz CT molecular complexity index is 1340. The number of nitrogens with one attached hydrogen (secondary N) is 1. The number of fused-ring (bicyclic) bond motifs is 2. The largest absolute Gasteiger partial charge is 0.476 e. The zero-order chi connectivity index (χ0) is 23.3. The van der Waals surface area contributed by atoms with E-state index >= 15 is 0 Å². The molecule has 33 heavy (non-hydrogen) atoms. The maximum Gasteiger partial charge on any atom is 0.356 e. The Balaban J connectivity index is 1.61. The van der Waals surface area contributed by atoms with Gasteiger partial charge in [0.2, 0.25) is 0 Å². The average molecular weight is 464 g/mol. The summed E-state index contributed by atoms with van der Waals surface area (Å²) in [5.74, 6) is -0.798. The molecule has 2 aliphatic rings. The number of halogens is 1. The van der Waals surface area contributed by atoms with Crippen molar-refractivity contribution in [2.24, 2.45) is 5.92 Å². The number of carboxylic acids is 1. The molecule has 9 heteroatoms. The Morgan fingerprint density at radius 2 is 2.18 bits per heavy atom. The van der Waals surface area contributed by atoms with Gasteiger partial charge in [-0.3, -0.25) is 0 Å². The van der Waals surface area contributed by atoms with E-state index in [1.807, 2.05) is 26.0 Å². The van der Waals surface area contributed by atoms with Gasteiger partial charge in [-0.1, -0.05) is 17.7 Å². The molecule has 3 aromatic rings. The van der Waals surface area contributed by atoms with E-state index in [0.29, 0.717) is 41.5 Å². The molecule has 0 radical (unpaired) electrons. The van der Waals surface area contributed by atoms with Crippen molar-refractivity contribution in [1.82, 2.24) is 15.0 Å². The molecule has 1 saturated heterocycles. The molecule has 0 spiro atoms. The van der Waals surface area contributed by atoms with Crippen LogP contribution in [0.4, 0.5) is 5.69 Å². The van der Waals surface area contributed by atoms with E-state index < -0.39 is 5.97 Å². The third kappa shape index (κ3) is 3.67. The molecular weight excluding hydrogens is 442 g/mol. The zero-order valence-electron chi connectivity index (χ0n) is 18.2. The highest BCUT2D eigenvalue weighted by Gasteiger charge is 2.59. The highest BCUT2D eigenvalue weighted by atomic mass is 35.5. The summed E-state index contributed by atoms with van der Waals surface area (Å²) in [7, 11) is 0. The first kappa shape index (κ1) is 21.6. The van der Waals surface area contributed by atoms with Gasteiger partial charge in [0.15, 0.2) is 11.4 Å². The number of aromatic carboxylic acids is 1. The molecule has 0 bridgehead atoms. The van der Waals surface area contributed by atoms with Gasteiger partial charge < -0.3 is 15.2 Å². The minimum Gasteiger partial charge on any atom is -0.476 e. The second-order valence-electron chi connectivity index (χ2n) is 8.84. The van der Waals surface area contributed by atoms with Crippen molar-refractivity contribution in [3.63, 3.8) is 0 Å². The molecule has 1 aromatic carbocycles. The third-order valence-corrected chi connectivity index (χ3v) is 6.88. The van der Waals surface area contributed by atoms with Gasteiger partial charge in [0, 0.05) is 17.6 Å². The average Bonchev–Trinajstić information content (AvgIpc) is 3.54. The standard InChI is InChI=1S/C24H22ClN5O3/c1-12-7-15(13(2)27-16-3-4-19(25)29-21(16)23(31)32)20-17(8-12)28-18(10-26)22(30-20)24-5-6-33-11-14(24)9-24/h3-4,7-8,13-14,27H,5-6,9,11H2,1-2H3,(H,31,32)/t13-,14+,24-/m1/s1. The second kappa shape index (κ2) is 7.94. The Morgan fingerprint density at radius 1 is 1.36 bits per heavy atom. The summed E-state index contributed by atoms with van der Waals surface area (Å²) < 4.78 is 5.61. The third-order valence-electron chi connectivity index (χ3n) is 6.67. The number of hydrogen-bond donors (Lipinski definition) is 2. The molecule has 2 aromatic heterocycles. The molecule has 2 N–H and O–H groups in total. The lowest BCUT2D eigenvalue weighted by molar-refractivity contribution is 0.0691. The van der Waals surface area contributed by atoms with Crippen molar-refractivity contribution in [3.05, 3.63) is 57.6 Å². The molecule has 0 unspecified atom stereocenters. The van der Waals surface area contributed by atoms with Crippen LogP contribution >= 0.6 is 11.6 Å². The Morgan fingerprint density at radius 3 is 2.91 bits per heavy atom. The van der Waals surface area contributed by atoms with E-state index in [2.05, 4.69) is 16.4 Å². The molecule has 8 nitrogen and oxygen atoms in total. The summed E-state index contributed by atoms with van der Waals surface area (Å²) in [5.41, 5.74) is 4.40. The van der Waals surface area contributed by atoms with Gasteiger partial charge in [-0.05, 0) is 56.4 Å². The fourth-order valence-corrected chi connectivity index (χ4v) is 5.05. The summed E-state index contributed by atoms with van der Waals surface area (Å²) in [5, 5.41) is 22.7. The molecule has 3 atom stereocenters. The molecular formula is C24H22ClN5O3. The number of carbonyl (C=O) groups is 1. The lowest BCUT2D eigenvalue weighted by Gasteiger charge is -2.24. The van der Waals surface area contributed by atoms with Crippen LogP contribution in [-0.4, -0.2) is 39.2 Å². The van der Waals surface area contributed by atoms with Crippen molar-refractivity contribution in [2.75, 3.05) is 18.5 Å². The van der Waals surface area contributed by atoms with E-state index in [1.54, 1.807) is 12.1 Å². The molecule has 0 amide bonds. The van der Waals surface area contributed by atoms with Crippen LogP contribution in [0.2, 0.25) is 5.15 Å². The SMILES string of the molecule is Cc1cc([C@@H](C)Nc2ccc(Cl)nc2C(=O)O)c2nc([C@@]34CCOC[C@@H]3C4)c(C#N)nc2c1. The van der Waals surface area contributed by atoms with Crippen LogP contribution in [-0.2, 0) is 10.2 Å². The summed E-state index contributed by atoms with van der Waals surface area (Å²) >= 11 is 5.89. The summed E-state index contributed by atoms with van der Waals surface area (Å²) in [4.78, 5) is 25.3. The number of benzene rings is 1. The van der Waals surface area contributed by atoms with Crippen LogP contribution in [0.15, 0.2) is 24.3 Å². The van der Waals surface area contributed by atoms with Crippen molar-refractivity contribution in [1.29, 1.82) is 5.26 Å². The smallest absolute Gasteiger partial charge is 0.356 e. The maximum atomic E-state index is 11.7. The van der Waals surface area contributed by atoms with Gasteiger partial charge in [-0.25, -0.2) is 19.7 Å². The number of pyridine rings is 1. The van der Waals surface area contributed by atoms with Crippen LogP contribution in [0, 0.1) is 24.2 Å². The van der Waals surface area contributed by atoms with E-state index in [4.69, 9.17) is 26.3 Å². The minimum atomic E-state index is -1.17. The number of aromatic nitrogens is 3. The predicted octanol–water partition coefficient (Wildman–Crippen LogP) is 4.41. The first-order chi connectivity index (χ1) is 15.8. The Hall–Kier alpha value is -3.28. The number of aryl methyl sites for hydroxylation is 1. The van der Waals surface area contributed by atoms with Crippen LogP contribution < -0.4 is 5.32 Å². The number of ether oxygens (including phenoxy) is 1. The molecule has 1 aliphatic heterocycles. The number of carboxylic acid groups (broad SMARTS) is 1. The summed E-state index contributed by atoms with van der Waals surface area (Å²) in [6.45, 7) is 5.23. The zero-order valence-corrected chi connectivity index (χ0v) is 19.0. The fraction of sp³-hybridized carbons (Fsp3) is 0.375. The van der Waals surface area contributed by atoms with Crippen LogP contribution in [0.25, 0.3) is 11.0 Å². The second-order valence-corrected chi connectivity index (χ2v) is 9.23. The number of nitriles is 1. The quantitative estimate of drug-likeness (QED) is 0.534. The van der Waals surface area contributed by atoms with Gasteiger partial charge >= 0.3 is 5.97 Å². The van der Waals surface area contributed by atoms with Crippen LogP contribution in [0.1, 0.15) is 58.8 Å². The van der Waals surface area contributed by atoms with E-state index in [0.717, 1.165) is 29.7 Å². The number of hydrogen-bond acceptors (Lipinski definition) is 7. The van der Waals surface area contributed by atoms with Gasteiger partial charge in [0.05, 0.1) is 35.1 Å². The molecule has 168 valence electrons. The van der Waals surface area contributed by atoms with E-state index in [1.165, 1.54) is 0 Å². The van der Waals surface area contributed by atoms with Gasteiger partial charge in [0.25, 0.3) is 0 Å². The molecule has 1 aliphatic carbocycles. The minimum absolute atomic E-state index is 0.112. The lowest BCUT2D eigenvalue weighted by Crippen LogP contribution is -2.24. The summed E-state index contributed by atoms with van der Waals surface area (Å²) in [6.07, 6.45) is 1.79.